The number of carbonyl (C=O) groups is 2. The van der Waals surface area contributed by atoms with Gasteiger partial charge in [0.2, 0.25) is 0 Å². The molecule has 0 radical (unpaired) electrons. The molecule has 1 aliphatic rings. The zero-order valence-electron chi connectivity index (χ0n) is 8.06. The maximum absolute atomic E-state index is 11.5. The van der Waals surface area contributed by atoms with E-state index in [2.05, 4.69) is 14.7 Å². The van der Waals surface area contributed by atoms with Crippen molar-refractivity contribution in [2.24, 2.45) is 0 Å². The van der Waals surface area contributed by atoms with Crippen molar-refractivity contribution in [2.75, 3.05) is 0 Å². The van der Waals surface area contributed by atoms with Gasteiger partial charge in [-0.1, -0.05) is 12.1 Å². The van der Waals surface area contributed by atoms with Crippen molar-refractivity contribution in [3.63, 3.8) is 0 Å². The largest absolute Gasteiger partial charge is 0.386 e. The van der Waals surface area contributed by atoms with Gasteiger partial charge in [-0.05, 0) is 6.07 Å². The third-order valence-corrected chi connectivity index (χ3v) is 2.43. The maximum atomic E-state index is 11.5. The monoisotopic (exact) mass is 214 g/mol. The molecule has 0 bridgehead atoms. The molecule has 0 spiro atoms. The summed E-state index contributed by atoms with van der Waals surface area (Å²) in [6, 6.07) is 4.98. The predicted molar refractivity (Wildman–Crippen MR) is 53.8 cm³/mol. The van der Waals surface area contributed by atoms with E-state index in [4.69, 9.17) is 0 Å². The number of fused-ring (bicyclic) bond motifs is 1. The van der Waals surface area contributed by atoms with E-state index >= 15 is 0 Å². The second kappa shape index (κ2) is 3.03. The van der Waals surface area contributed by atoms with Crippen LogP contribution in [0, 0.1) is 0 Å². The summed E-state index contributed by atoms with van der Waals surface area (Å²) < 4.78 is 4.55. The second-order valence-corrected chi connectivity index (χ2v) is 3.34. The van der Waals surface area contributed by atoms with E-state index in [1.54, 1.807) is 30.6 Å². The summed E-state index contributed by atoms with van der Waals surface area (Å²) in [5.74, 6) is -0.677. The van der Waals surface area contributed by atoms with Crippen LogP contribution in [0.2, 0.25) is 0 Å². The van der Waals surface area contributed by atoms with Gasteiger partial charge in [-0.15, -0.1) is 0 Å². The molecule has 5 nitrogen and oxygen atoms in total. The minimum absolute atomic E-state index is 0.280. The van der Waals surface area contributed by atoms with Crippen LogP contribution in [0.15, 0.2) is 30.6 Å². The first kappa shape index (κ1) is 8.84. The van der Waals surface area contributed by atoms with Crippen LogP contribution < -0.4 is 0 Å². The Balaban J connectivity index is 2.30. The average molecular weight is 214 g/mol. The first-order valence-electron chi connectivity index (χ1n) is 4.66. The van der Waals surface area contributed by atoms with Crippen molar-refractivity contribution in [2.45, 2.75) is 0 Å². The van der Waals surface area contributed by atoms with Gasteiger partial charge in [0.25, 0.3) is 0 Å². The zero-order valence-corrected chi connectivity index (χ0v) is 8.06. The molecule has 16 heavy (non-hydrogen) atoms. The van der Waals surface area contributed by atoms with Gasteiger partial charge in [-0.2, -0.15) is 0 Å². The molecule has 0 fully saturated rings. The number of rotatable bonds is 1. The number of ether oxygens (including phenoxy) is 1. The summed E-state index contributed by atoms with van der Waals surface area (Å²) in [7, 11) is 0. The van der Waals surface area contributed by atoms with Crippen LogP contribution in [0.4, 0.5) is 0 Å². The first-order valence-corrected chi connectivity index (χ1v) is 4.66. The molecule has 0 atom stereocenters. The molecular formula is C11H6N2O3. The molecule has 1 aliphatic heterocycles. The number of hydrogen-bond donors (Lipinski definition) is 1. The number of carbonyl (C=O) groups excluding carboxylic acids is 2. The molecule has 0 unspecified atom stereocenters. The Morgan fingerprint density at radius 1 is 1.12 bits per heavy atom. The molecule has 5 heteroatoms. The maximum Gasteiger partial charge on any atom is 0.347 e. The fourth-order valence-corrected chi connectivity index (χ4v) is 1.74. The molecule has 0 aliphatic carbocycles. The molecule has 3 rings (SSSR count). The van der Waals surface area contributed by atoms with Gasteiger partial charge in [-0.25, -0.2) is 14.6 Å². The fraction of sp³-hybridized carbons (Fsp3) is 0. The van der Waals surface area contributed by atoms with Gasteiger partial charge < -0.3 is 9.72 Å². The van der Waals surface area contributed by atoms with Crippen molar-refractivity contribution in [1.82, 2.24) is 9.97 Å². The molecule has 1 aromatic carbocycles. The van der Waals surface area contributed by atoms with Gasteiger partial charge in [0.1, 0.15) is 5.82 Å². The van der Waals surface area contributed by atoms with Gasteiger partial charge in [0.15, 0.2) is 0 Å². The number of H-pyrrole nitrogens is 1. The summed E-state index contributed by atoms with van der Waals surface area (Å²) in [5.41, 5.74) is 1.15. The van der Waals surface area contributed by atoms with E-state index in [0.29, 0.717) is 17.0 Å². The molecule has 2 heterocycles. The molecule has 78 valence electrons. The Morgan fingerprint density at radius 3 is 2.69 bits per heavy atom. The highest BCUT2D eigenvalue weighted by Crippen LogP contribution is 2.29. The summed E-state index contributed by atoms with van der Waals surface area (Å²) >= 11 is 0. The van der Waals surface area contributed by atoms with Crippen LogP contribution in [0.5, 0.6) is 0 Å². The molecule has 0 amide bonds. The lowest BCUT2D eigenvalue weighted by molar-refractivity contribution is 0.0444. The lowest BCUT2D eigenvalue weighted by atomic mass is 10.0. The zero-order chi connectivity index (χ0) is 11.1. The number of aromatic amines is 1. The quantitative estimate of drug-likeness (QED) is 0.575. The molecule has 1 aromatic heterocycles. The summed E-state index contributed by atoms with van der Waals surface area (Å²) in [4.78, 5) is 29.8. The summed E-state index contributed by atoms with van der Waals surface area (Å²) in [6.45, 7) is 0. The Bertz CT molecular complexity index is 587. The fourth-order valence-electron chi connectivity index (χ4n) is 1.74. The van der Waals surface area contributed by atoms with E-state index in [0.717, 1.165) is 0 Å². The number of cyclic esters (lactones) is 2. The van der Waals surface area contributed by atoms with E-state index in [-0.39, 0.29) is 5.56 Å². The molecule has 2 aromatic rings. The van der Waals surface area contributed by atoms with Crippen LogP contribution in [0.1, 0.15) is 20.7 Å². The highest BCUT2D eigenvalue weighted by Gasteiger charge is 2.32. The summed E-state index contributed by atoms with van der Waals surface area (Å²) in [5, 5.41) is 0. The molecule has 1 N–H and O–H groups in total. The number of benzene rings is 1. The van der Waals surface area contributed by atoms with E-state index in [1.807, 2.05) is 0 Å². The Kier molecular flexibility index (Phi) is 1.67. The van der Waals surface area contributed by atoms with E-state index < -0.39 is 11.9 Å². The molecular weight excluding hydrogens is 208 g/mol. The van der Waals surface area contributed by atoms with Gasteiger partial charge in [0.05, 0.1) is 11.1 Å². The Hall–Kier alpha value is -2.43. The number of nitrogens with zero attached hydrogens (tertiary/aromatic N) is 1. The average Bonchev–Trinajstić information content (AvgIpc) is 2.88. The van der Waals surface area contributed by atoms with Crippen LogP contribution >= 0.6 is 0 Å². The number of hydrogen-bond acceptors (Lipinski definition) is 4. The third kappa shape index (κ3) is 1.08. The third-order valence-electron chi connectivity index (χ3n) is 2.43. The molecule has 0 saturated heterocycles. The van der Waals surface area contributed by atoms with Crippen LogP contribution in [0.25, 0.3) is 11.4 Å². The van der Waals surface area contributed by atoms with E-state index in [1.165, 1.54) is 0 Å². The predicted octanol–water partition coefficient (Wildman–Crippen LogP) is 1.39. The standard InChI is InChI=1S/C11H6N2O3/c14-10-7-3-1-2-6(8(7)11(15)16-10)9-12-4-5-13-9/h1-5H,(H,12,13). The number of esters is 2. The van der Waals surface area contributed by atoms with Crippen molar-refractivity contribution in [1.29, 1.82) is 0 Å². The minimum atomic E-state index is -0.619. The Labute approximate surface area is 90.1 Å². The normalized spacial score (nSPS) is 13.8. The van der Waals surface area contributed by atoms with Gasteiger partial charge in [-0.3, -0.25) is 0 Å². The van der Waals surface area contributed by atoms with Gasteiger partial charge >= 0.3 is 11.9 Å². The van der Waals surface area contributed by atoms with Crippen LogP contribution in [-0.2, 0) is 4.74 Å². The van der Waals surface area contributed by atoms with Gasteiger partial charge in [0, 0.05) is 18.0 Å². The number of imidazole rings is 1. The van der Waals surface area contributed by atoms with Crippen molar-refractivity contribution >= 4 is 11.9 Å². The smallest absolute Gasteiger partial charge is 0.347 e. The highest BCUT2D eigenvalue weighted by atomic mass is 16.6. The summed E-state index contributed by atoms with van der Waals surface area (Å²) in [6.07, 6.45) is 3.23. The lowest BCUT2D eigenvalue weighted by Gasteiger charge is -2.00. The Morgan fingerprint density at radius 2 is 1.94 bits per heavy atom. The second-order valence-electron chi connectivity index (χ2n) is 3.34. The van der Waals surface area contributed by atoms with Crippen molar-refractivity contribution < 1.29 is 14.3 Å². The number of nitrogens with one attached hydrogen (secondary N) is 1. The highest BCUT2D eigenvalue weighted by molar-refractivity contribution is 6.17. The van der Waals surface area contributed by atoms with E-state index in [9.17, 15) is 9.59 Å². The first-order chi connectivity index (χ1) is 7.77. The topological polar surface area (TPSA) is 72.1 Å². The SMILES string of the molecule is O=C1OC(=O)c2c1cccc2-c1ncc[nH]1. The number of aromatic nitrogens is 2. The lowest BCUT2D eigenvalue weighted by Crippen LogP contribution is -1.98. The van der Waals surface area contributed by atoms with Crippen LogP contribution in [0.3, 0.4) is 0 Å². The molecule has 0 saturated carbocycles. The van der Waals surface area contributed by atoms with Crippen molar-refractivity contribution in [3.05, 3.63) is 41.7 Å². The van der Waals surface area contributed by atoms with Crippen LogP contribution in [-0.4, -0.2) is 21.9 Å². The minimum Gasteiger partial charge on any atom is -0.386 e. The van der Waals surface area contributed by atoms with Crippen molar-refractivity contribution in [3.8, 4) is 11.4 Å².